The molecule has 0 amide bonds. The third kappa shape index (κ3) is 2.85. The number of thiazole rings is 1. The molecule has 0 aliphatic carbocycles. The molecule has 0 fully saturated rings. The van der Waals surface area contributed by atoms with Gasteiger partial charge in [-0.1, -0.05) is 6.07 Å². The quantitative estimate of drug-likeness (QED) is 0.878. The number of rotatable bonds is 2. The second kappa shape index (κ2) is 4.65. The van der Waals surface area contributed by atoms with Crippen molar-refractivity contribution in [1.29, 1.82) is 0 Å². The summed E-state index contributed by atoms with van der Waals surface area (Å²) in [6.07, 6.45) is 0. The van der Waals surface area contributed by atoms with E-state index in [9.17, 15) is 8.78 Å². The smallest absolute Gasteiger partial charge is 0.183 e. The molecular weight excluding hydrogens is 254 g/mol. The largest absolute Gasteiger partial charge is 0.357 e. The van der Waals surface area contributed by atoms with E-state index >= 15 is 0 Å². The maximum Gasteiger partial charge on any atom is 0.183 e. The van der Waals surface area contributed by atoms with Gasteiger partial charge in [-0.05, 0) is 32.9 Å². The summed E-state index contributed by atoms with van der Waals surface area (Å²) < 4.78 is 26.7. The highest BCUT2D eigenvalue weighted by molar-refractivity contribution is 7.14. The van der Waals surface area contributed by atoms with Crippen molar-refractivity contribution in [3.8, 4) is 11.3 Å². The highest BCUT2D eigenvalue weighted by Crippen LogP contribution is 2.29. The lowest BCUT2D eigenvalue weighted by Crippen LogP contribution is -2.25. The Morgan fingerprint density at radius 3 is 2.61 bits per heavy atom. The van der Waals surface area contributed by atoms with Crippen molar-refractivity contribution >= 4 is 16.5 Å². The van der Waals surface area contributed by atoms with Crippen LogP contribution in [0.5, 0.6) is 0 Å². The molecule has 5 heteroatoms. The first kappa shape index (κ1) is 13.0. The monoisotopic (exact) mass is 268 g/mol. The first-order valence-corrected chi connectivity index (χ1v) is 6.43. The van der Waals surface area contributed by atoms with Gasteiger partial charge in [0, 0.05) is 16.5 Å². The van der Waals surface area contributed by atoms with Crippen LogP contribution in [0, 0.1) is 11.6 Å². The lowest BCUT2D eigenvalue weighted by atomic mass is 10.1. The number of nitrogens with zero attached hydrogens (tertiary/aromatic N) is 1. The summed E-state index contributed by atoms with van der Waals surface area (Å²) in [5, 5.41) is 5.61. The summed E-state index contributed by atoms with van der Waals surface area (Å²) in [7, 11) is 0. The molecule has 0 unspecified atom stereocenters. The molecule has 1 N–H and O–H groups in total. The van der Waals surface area contributed by atoms with Gasteiger partial charge in [0.1, 0.15) is 0 Å². The van der Waals surface area contributed by atoms with Crippen molar-refractivity contribution in [2.24, 2.45) is 0 Å². The minimum absolute atomic E-state index is 0.115. The summed E-state index contributed by atoms with van der Waals surface area (Å²) >= 11 is 1.37. The van der Waals surface area contributed by atoms with Crippen molar-refractivity contribution < 1.29 is 8.78 Å². The second-order valence-electron chi connectivity index (χ2n) is 5.01. The van der Waals surface area contributed by atoms with Gasteiger partial charge in [0.25, 0.3) is 0 Å². The van der Waals surface area contributed by atoms with Crippen LogP contribution in [0.25, 0.3) is 11.3 Å². The topological polar surface area (TPSA) is 24.9 Å². The maximum absolute atomic E-state index is 13.6. The zero-order valence-corrected chi connectivity index (χ0v) is 11.2. The SMILES string of the molecule is CC(C)(C)Nc1nc(-c2cccc(F)c2F)cs1. The molecule has 2 rings (SSSR count). The molecule has 96 valence electrons. The fraction of sp³-hybridized carbons (Fsp3) is 0.308. The van der Waals surface area contributed by atoms with E-state index in [-0.39, 0.29) is 11.1 Å². The summed E-state index contributed by atoms with van der Waals surface area (Å²) in [5.74, 6) is -1.71. The predicted molar refractivity (Wildman–Crippen MR) is 70.8 cm³/mol. The minimum atomic E-state index is -0.856. The molecule has 0 aliphatic rings. The third-order valence-electron chi connectivity index (χ3n) is 2.21. The molecule has 2 aromatic rings. The molecule has 0 saturated carbocycles. The van der Waals surface area contributed by atoms with Gasteiger partial charge in [-0.2, -0.15) is 0 Å². The fourth-order valence-corrected chi connectivity index (χ4v) is 2.40. The average molecular weight is 268 g/mol. The van der Waals surface area contributed by atoms with E-state index in [1.54, 1.807) is 5.38 Å². The lowest BCUT2D eigenvalue weighted by molar-refractivity contribution is 0.511. The summed E-state index contributed by atoms with van der Waals surface area (Å²) in [4.78, 5) is 4.27. The van der Waals surface area contributed by atoms with Crippen LogP contribution in [0.2, 0.25) is 0 Å². The molecular formula is C13H14F2N2S. The van der Waals surface area contributed by atoms with E-state index in [1.807, 2.05) is 20.8 Å². The molecule has 0 spiro atoms. The Bertz CT molecular complexity index is 558. The van der Waals surface area contributed by atoms with Gasteiger partial charge in [-0.15, -0.1) is 11.3 Å². The van der Waals surface area contributed by atoms with E-state index in [1.165, 1.54) is 23.5 Å². The highest BCUT2D eigenvalue weighted by atomic mass is 32.1. The Hall–Kier alpha value is -1.49. The van der Waals surface area contributed by atoms with E-state index in [0.717, 1.165) is 6.07 Å². The number of aromatic nitrogens is 1. The van der Waals surface area contributed by atoms with E-state index < -0.39 is 11.6 Å². The Morgan fingerprint density at radius 1 is 1.22 bits per heavy atom. The fourth-order valence-electron chi connectivity index (χ4n) is 1.48. The van der Waals surface area contributed by atoms with Crippen molar-refractivity contribution in [2.75, 3.05) is 5.32 Å². The number of nitrogens with one attached hydrogen (secondary N) is 1. The molecule has 0 aliphatic heterocycles. The number of anilines is 1. The zero-order valence-electron chi connectivity index (χ0n) is 10.4. The summed E-state index contributed by atoms with van der Waals surface area (Å²) in [5.41, 5.74) is 0.521. The molecule has 0 saturated heterocycles. The molecule has 1 aromatic heterocycles. The number of halogens is 2. The first-order chi connectivity index (χ1) is 8.37. The van der Waals surface area contributed by atoms with Gasteiger partial charge >= 0.3 is 0 Å². The number of hydrogen-bond acceptors (Lipinski definition) is 3. The van der Waals surface area contributed by atoms with Gasteiger partial charge in [0.15, 0.2) is 16.8 Å². The predicted octanol–water partition coefficient (Wildman–Crippen LogP) is 4.30. The van der Waals surface area contributed by atoms with Crippen LogP contribution in [0.1, 0.15) is 20.8 Å². The standard InChI is InChI=1S/C13H14F2N2S/c1-13(2,3)17-12-16-10(7-18-12)8-5-4-6-9(14)11(8)15/h4-7H,1-3H3,(H,16,17). The number of hydrogen-bond donors (Lipinski definition) is 1. The summed E-state index contributed by atoms with van der Waals surface area (Å²) in [6, 6.07) is 4.10. The van der Waals surface area contributed by atoms with Gasteiger partial charge in [-0.25, -0.2) is 13.8 Å². The maximum atomic E-state index is 13.6. The normalized spacial score (nSPS) is 11.6. The second-order valence-corrected chi connectivity index (χ2v) is 5.87. The van der Waals surface area contributed by atoms with Gasteiger partial charge in [0.2, 0.25) is 0 Å². The Morgan fingerprint density at radius 2 is 1.94 bits per heavy atom. The van der Waals surface area contributed by atoms with E-state index in [0.29, 0.717) is 10.8 Å². The lowest BCUT2D eigenvalue weighted by Gasteiger charge is -2.19. The van der Waals surface area contributed by atoms with Crippen molar-refractivity contribution in [2.45, 2.75) is 26.3 Å². The first-order valence-electron chi connectivity index (χ1n) is 5.55. The molecule has 0 radical (unpaired) electrons. The molecule has 1 aromatic carbocycles. The highest BCUT2D eigenvalue weighted by Gasteiger charge is 2.15. The zero-order chi connectivity index (χ0) is 13.3. The van der Waals surface area contributed by atoms with E-state index in [4.69, 9.17) is 0 Å². The molecule has 18 heavy (non-hydrogen) atoms. The molecule has 1 heterocycles. The van der Waals surface area contributed by atoms with Crippen molar-refractivity contribution in [1.82, 2.24) is 4.98 Å². The van der Waals surface area contributed by atoms with Crippen molar-refractivity contribution in [3.05, 3.63) is 35.2 Å². The van der Waals surface area contributed by atoms with Crippen LogP contribution in [0.4, 0.5) is 13.9 Å². The number of benzene rings is 1. The summed E-state index contributed by atoms with van der Waals surface area (Å²) in [6.45, 7) is 6.03. The van der Waals surface area contributed by atoms with Gasteiger partial charge in [0.05, 0.1) is 5.69 Å². The molecule has 0 atom stereocenters. The third-order valence-corrected chi connectivity index (χ3v) is 2.97. The van der Waals surface area contributed by atoms with Crippen LogP contribution < -0.4 is 5.32 Å². The Balaban J connectivity index is 2.33. The van der Waals surface area contributed by atoms with Gasteiger partial charge < -0.3 is 5.32 Å². The van der Waals surface area contributed by atoms with Crippen LogP contribution in [-0.2, 0) is 0 Å². The van der Waals surface area contributed by atoms with Crippen LogP contribution in [0.15, 0.2) is 23.6 Å². The van der Waals surface area contributed by atoms with Crippen LogP contribution in [0.3, 0.4) is 0 Å². The Labute approximate surface area is 109 Å². The van der Waals surface area contributed by atoms with E-state index in [2.05, 4.69) is 10.3 Å². The molecule has 2 nitrogen and oxygen atoms in total. The van der Waals surface area contributed by atoms with Crippen LogP contribution in [-0.4, -0.2) is 10.5 Å². The van der Waals surface area contributed by atoms with Crippen molar-refractivity contribution in [3.63, 3.8) is 0 Å². The van der Waals surface area contributed by atoms with Gasteiger partial charge in [-0.3, -0.25) is 0 Å². The minimum Gasteiger partial charge on any atom is -0.357 e. The Kier molecular flexibility index (Phi) is 3.34. The average Bonchev–Trinajstić information content (AvgIpc) is 2.68. The van der Waals surface area contributed by atoms with Crippen LogP contribution >= 0.6 is 11.3 Å². The molecule has 0 bridgehead atoms.